The molecule has 1 unspecified atom stereocenters. The summed E-state index contributed by atoms with van der Waals surface area (Å²) in [5, 5.41) is 1.06. The summed E-state index contributed by atoms with van der Waals surface area (Å²) in [6.45, 7) is 4.82. The Bertz CT molecular complexity index is 933. The first kappa shape index (κ1) is 16.9. The molecule has 4 heteroatoms. The molecule has 0 amide bonds. The van der Waals surface area contributed by atoms with Crippen molar-refractivity contribution in [1.29, 1.82) is 0 Å². The smallest absolute Gasteiger partial charge is 0.219 e. The monoisotopic (exact) mass is 348 g/mol. The molecule has 134 valence electrons. The van der Waals surface area contributed by atoms with E-state index in [1.807, 2.05) is 56.3 Å². The van der Waals surface area contributed by atoms with Gasteiger partial charge in [-0.25, -0.2) is 4.98 Å². The number of benzene rings is 2. The van der Waals surface area contributed by atoms with Crippen molar-refractivity contribution in [2.45, 2.75) is 32.7 Å². The maximum atomic E-state index is 6.00. The van der Waals surface area contributed by atoms with Gasteiger partial charge in [-0.3, -0.25) is 0 Å². The quantitative estimate of drug-likeness (QED) is 0.670. The summed E-state index contributed by atoms with van der Waals surface area (Å²) < 4.78 is 11.8. The molecule has 0 aliphatic heterocycles. The van der Waals surface area contributed by atoms with E-state index >= 15 is 0 Å². The lowest BCUT2D eigenvalue weighted by molar-refractivity contribution is 0.299. The van der Waals surface area contributed by atoms with Crippen LogP contribution in [0.3, 0.4) is 0 Å². The molecule has 2 aromatic carbocycles. The zero-order valence-corrected chi connectivity index (χ0v) is 15.2. The highest BCUT2D eigenvalue weighted by Gasteiger charge is 2.22. The van der Waals surface area contributed by atoms with Crippen LogP contribution in [0.25, 0.3) is 10.9 Å². The molecule has 26 heavy (non-hydrogen) atoms. The van der Waals surface area contributed by atoms with E-state index in [1.165, 1.54) is 12.8 Å². The minimum absolute atomic E-state index is 0.0126. The van der Waals surface area contributed by atoms with Gasteiger partial charge < -0.3 is 15.2 Å². The van der Waals surface area contributed by atoms with Gasteiger partial charge >= 0.3 is 0 Å². The molecule has 1 aromatic heterocycles. The van der Waals surface area contributed by atoms with E-state index in [9.17, 15) is 0 Å². The zero-order chi connectivity index (χ0) is 18.1. The zero-order valence-electron chi connectivity index (χ0n) is 15.2. The molecule has 0 saturated heterocycles. The molecule has 1 saturated carbocycles. The molecule has 1 heterocycles. The van der Waals surface area contributed by atoms with Gasteiger partial charge in [0.05, 0.1) is 12.1 Å². The van der Waals surface area contributed by atoms with Crippen LogP contribution in [0.5, 0.6) is 17.4 Å². The maximum Gasteiger partial charge on any atom is 0.219 e. The first-order chi connectivity index (χ1) is 12.6. The number of fused-ring (bicyclic) bond motifs is 1. The number of rotatable bonds is 6. The van der Waals surface area contributed by atoms with Crippen LogP contribution in [-0.4, -0.2) is 11.6 Å². The molecule has 4 rings (SSSR count). The van der Waals surface area contributed by atoms with Crippen molar-refractivity contribution >= 4 is 10.9 Å². The molecular weight excluding hydrogens is 324 g/mol. The number of nitrogens with two attached hydrogens (primary N) is 1. The number of pyridine rings is 1. The first-order valence-corrected chi connectivity index (χ1v) is 9.16. The summed E-state index contributed by atoms with van der Waals surface area (Å²) in [5.41, 5.74) is 8.99. The van der Waals surface area contributed by atoms with Gasteiger partial charge in [0.25, 0.3) is 0 Å². The van der Waals surface area contributed by atoms with E-state index in [0.29, 0.717) is 5.88 Å². The van der Waals surface area contributed by atoms with Crippen LogP contribution in [0.2, 0.25) is 0 Å². The molecule has 1 aliphatic carbocycles. The molecular formula is C22H24N2O2. The highest BCUT2D eigenvalue weighted by atomic mass is 16.5. The third-order valence-corrected chi connectivity index (χ3v) is 4.76. The summed E-state index contributed by atoms with van der Waals surface area (Å²) in [5.74, 6) is 3.02. The second kappa shape index (κ2) is 6.96. The Kier molecular flexibility index (Phi) is 4.51. The Morgan fingerprint density at radius 1 is 1.12 bits per heavy atom. The molecule has 1 aliphatic rings. The van der Waals surface area contributed by atoms with Crippen molar-refractivity contribution in [3.05, 3.63) is 59.7 Å². The number of aromatic nitrogens is 1. The van der Waals surface area contributed by atoms with Crippen molar-refractivity contribution < 1.29 is 9.47 Å². The van der Waals surface area contributed by atoms with E-state index in [-0.39, 0.29) is 6.04 Å². The summed E-state index contributed by atoms with van der Waals surface area (Å²) in [6, 6.07) is 15.9. The Morgan fingerprint density at radius 2 is 1.96 bits per heavy atom. The van der Waals surface area contributed by atoms with Gasteiger partial charge in [0.2, 0.25) is 5.88 Å². The Hall–Kier alpha value is -2.59. The Balaban J connectivity index is 1.51. The van der Waals surface area contributed by atoms with E-state index in [2.05, 4.69) is 11.1 Å². The number of nitrogens with zero attached hydrogens (tertiary/aromatic N) is 1. The van der Waals surface area contributed by atoms with Crippen molar-refractivity contribution in [2.75, 3.05) is 6.61 Å². The average molecular weight is 348 g/mol. The summed E-state index contributed by atoms with van der Waals surface area (Å²) in [7, 11) is 0. The van der Waals surface area contributed by atoms with E-state index in [1.54, 1.807) is 0 Å². The van der Waals surface area contributed by atoms with Crippen LogP contribution in [-0.2, 0) is 0 Å². The van der Waals surface area contributed by atoms with Crippen molar-refractivity contribution in [3.63, 3.8) is 0 Å². The molecule has 2 N–H and O–H groups in total. The molecule has 4 nitrogen and oxygen atoms in total. The first-order valence-electron chi connectivity index (χ1n) is 9.16. The third-order valence-electron chi connectivity index (χ3n) is 4.76. The van der Waals surface area contributed by atoms with Gasteiger partial charge in [-0.15, -0.1) is 0 Å². The second-order valence-corrected chi connectivity index (χ2v) is 7.17. The highest BCUT2D eigenvalue weighted by Crippen LogP contribution is 2.32. The molecule has 0 spiro atoms. The van der Waals surface area contributed by atoms with E-state index < -0.39 is 0 Å². The largest absolute Gasteiger partial charge is 0.493 e. The lowest BCUT2D eigenvalue weighted by Gasteiger charge is -2.12. The van der Waals surface area contributed by atoms with Gasteiger partial charge in [-0.1, -0.05) is 6.07 Å². The highest BCUT2D eigenvalue weighted by molar-refractivity contribution is 5.80. The van der Waals surface area contributed by atoms with Crippen molar-refractivity contribution in [1.82, 2.24) is 4.98 Å². The number of aryl methyl sites for hydroxylation is 1. The van der Waals surface area contributed by atoms with Crippen LogP contribution < -0.4 is 15.2 Å². The normalized spacial score (nSPS) is 15.0. The lowest BCUT2D eigenvalue weighted by Crippen LogP contribution is -2.04. The number of hydrogen-bond acceptors (Lipinski definition) is 4. The second-order valence-electron chi connectivity index (χ2n) is 7.17. The standard InChI is InChI=1S/C22H24N2O2/c1-14-11-19(25-13-16-3-4-16)7-9-21(14)26-22-10-6-18-12-17(15(2)23)5-8-20(18)24-22/h5-12,15-16H,3-4,13,23H2,1-2H3. The van der Waals surface area contributed by atoms with Crippen LogP contribution >= 0.6 is 0 Å². The SMILES string of the molecule is Cc1cc(OCC2CC2)ccc1Oc1ccc2cc(C(C)N)ccc2n1. The van der Waals surface area contributed by atoms with Crippen molar-refractivity contribution in [2.24, 2.45) is 11.7 Å². The van der Waals surface area contributed by atoms with E-state index in [4.69, 9.17) is 15.2 Å². The number of ether oxygens (including phenoxy) is 2. The van der Waals surface area contributed by atoms with Crippen LogP contribution in [0.15, 0.2) is 48.5 Å². The van der Waals surface area contributed by atoms with Crippen molar-refractivity contribution in [3.8, 4) is 17.4 Å². The molecule has 0 radical (unpaired) electrons. The predicted molar refractivity (Wildman–Crippen MR) is 104 cm³/mol. The van der Waals surface area contributed by atoms with Gasteiger partial charge in [0, 0.05) is 17.5 Å². The van der Waals surface area contributed by atoms with Crippen LogP contribution in [0.1, 0.15) is 36.9 Å². The fourth-order valence-electron chi connectivity index (χ4n) is 2.90. The summed E-state index contributed by atoms with van der Waals surface area (Å²) >= 11 is 0. The third kappa shape index (κ3) is 3.81. The fraction of sp³-hybridized carbons (Fsp3) is 0.318. The fourth-order valence-corrected chi connectivity index (χ4v) is 2.90. The van der Waals surface area contributed by atoms with Crippen LogP contribution in [0.4, 0.5) is 0 Å². The Morgan fingerprint density at radius 3 is 2.69 bits per heavy atom. The minimum Gasteiger partial charge on any atom is -0.493 e. The molecule has 1 atom stereocenters. The predicted octanol–water partition coefficient (Wildman–Crippen LogP) is 5.14. The van der Waals surface area contributed by atoms with Gasteiger partial charge in [0.15, 0.2) is 0 Å². The average Bonchev–Trinajstić information content (AvgIpc) is 3.46. The summed E-state index contributed by atoms with van der Waals surface area (Å²) in [6.07, 6.45) is 2.58. The lowest BCUT2D eigenvalue weighted by atomic mass is 10.1. The Labute approximate surface area is 154 Å². The molecule has 0 bridgehead atoms. The molecule has 3 aromatic rings. The van der Waals surface area contributed by atoms with Gasteiger partial charge in [-0.2, -0.15) is 0 Å². The summed E-state index contributed by atoms with van der Waals surface area (Å²) in [4.78, 5) is 4.61. The van der Waals surface area contributed by atoms with Crippen LogP contribution in [0, 0.1) is 12.8 Å². The van der Waals surface area contributed by atoms with Gasteiger partial charge in [0.1, 0.15) is 11.5 Å². The minimum atomic E-state index is 0.0126. The topological polar surface area (TPSA) is 57.4 Å². The maximum absolute atomic E-state index is 6.00. The van der Waals surface area contributed by atoms with Gasteiger partial charge in [-0.05, 0) is 80.1 Å². The number of hydrogen-bond donors (Lipinski definition) is 1. The van der Waals surface area contributed by atoms with E-state index in [0.717, 1.165) is 46.1 Å². The molecule has 1 fully saturated rings.